The van der Waals surface area contributed by atoms with E-state index in [0.717, 1.165) is 0 Å². The van der Waals surface area contributed by atoms with Crippen molar-refractivity contribution in [1.82, 2.24) is 14.8 Å². The maximum atomic E-state index is 12.6. The molecule has 0 spiro atoms. The average molecular weight is 454 g/mol. The first-order chi connectivity index (χ1) is 16.5. The van der Waals surface area contributed by atoms with Gasteiger partial charge in [-0.1, -0.05) is 18.2 Å². The van der Waals surface area contributed by atoms with Gasteiger partial charge >= 0.3 is 0 Å². The standard InChI is InChI=1S/C25H22N6O3/c1-17(31-16-26-15-27-31)23(32)28-21-11-13-22(14-12-21)30-25(34)19-7-9-20(10-8-19)29-24(33)18-5-3-2-4-6-18/h2-17H,1H3,(H,28,32)(H,29,33)(H,30,34). The fourth-order valence-corrected chi connectivity index (χ4v) is 3.12. The van der Waals surface area contributed by atoms with Crippen LogP contribution in [-0.2, 0) is 4.79 Å². The van der Waals surface area contributed by atoms with Crippen LogP contribution >= 0.6 is 0 Å². The Morgan fingerprint density at radius 2 is 1.21 bits per heavy atom. The molecule has 0 radical (unpaired) electrons. The molecule has 3 amide bonds. The molecule has 1 aromatic heterocycles. The maximum Gasteiger partial charge on any atom is 0.255 e. The van der Waals surface area contributed by atoms with E-state index < -0.39 is 6.04 Å². The van der Waals surface area contributed by atoms with Gasteiger partial charge in [0, 0.05) is 28.2 Å². The van der Waals surface area contributed by atoms with E-state index >= 15 is 0 Å². The molecule has 0 saturated carbocycles. The van der Waals surface area contributed by atoms with Gasteiger partial charge in [-0.3, -0.25) is 14.4 Å². The molecule has 3 aromatic carbocycles. The number of nitrogens with zero attached hydrogens (tertiary/aromatic N) is 3. The van der Waals surface area contributed by atoms with E-state index in [-0.39, 0.29) is 17.7 Å². The van der Waals surface area contributed by atoms with Crippen LogP contribution in [0.2, 0.25) is 0 Å². The zero-order valence-electron chi connectivity index (χ0n) is 18.3. The number of nitrogens with one attached hydrogen (secondary N) is 3. The molecule has 0 aliphatic carbocycles. The molecule has 1 unspecified atom stereocenters. The van der Waals surface area contributed by atoms with E-state index in [1.54, 1.807) is 79.7 Å². The second-order valence-corrected chi connectivity index (χ2v) is 7.47. The second kappa shape index (κ2) is 10.2. The lowest BCUT2D eigenvalue weighted by Crippen LogP contribution is -2.24. The normalized spacial score (nSPS) is 11.3. The molecule has 0 bridgehead atoms. The number of rotatable bonds is 7. The quantitative estimate of drug-likeness (QED) is 0.390. The summed E-state index contributed by atoms with van der Waals surface area (Å²) in [5, 5.41) is 12.4. The number of carbonyl (C=O) groups excluding carboxylic acids is 3. The molecule has 1 atom stereocenters. The molecular formula is C25H22N6O3. The van der Waals surface area contributed by atoms with E-state index in [4.69, 9.17) is 0 Å². The van der Waals surface area contributed by atoms with E-state index in [0.29, 0.717) is 28.2 Å². The number of benzene rings is 3. The molecule has 4 rings (SSSR count). The predicted octanol–water partition coefficient (Wildman–Crippen LogP) is 3.98. The Bertz CT molecular complexity index is 1270. The largest absolute Gasteiger partial charge is 0.324 e. The van der Waals surface area contributed by atoms with Crippen molar-refractivity contribution < 1.29 is 14.4 Å². The van der Waals surface area contributed by atoms with E-state index in [2.05, 4.69) is 26.0 Å². The smallest absolute Gasteiger partial charge is 0.255 e. The summed E-state index contributed by atoms with van der Waals surface area (Å²) in [6.07, 6.45) is 2.85. The highest BCUT2D eigenvalue weighted by Crippen LogP contribution is 2.17. The van der Waals surface area contributed by atoms with Crippen LogP contribution in [-0.4, -0.2) is 32.5 Å². The Morgan fingerprint density at radius 1 is 0.706 bits per heavy atom. The van der Waals surface area contributed by atoms with Crippen molar-refractivity contribution in [3.63, 3.8) is 0 Å². The van der Waals surface area contributed by atoms with Crippen LogP contribution in [0, 0.1) is 0 Å². The number of amides is 3. The minimum absolute atomic E-state index is 0.222. The minimum Gasteiger partial charge on any atom is -0.324 e. The summed E-state index contributed by atoms with van der Waals surface area (Å²) >= 11 is 0. The van der Waals surface area contributed by atoms with Crippen molar-refractivity contribution in [2.24, 2.45) is 0 Å². The molecule has 170 valence electrons. The molecule has 0 aliphatic heterocycles. The molecule has 0 aliphatic rings. The fraction of sp³-hybridized carbons (Fsp3) is 0.0800. The van der Waals surface area contributed by atoms with Crippen molar-refractivity contribution >= 4 is 34.8 Å². The summed E-state index contributed by atoms with van der Waals surface area (Å²) in [7, 11) is 0. The molecule has 4 aromatic rings. The van der Waals surface area contributed by atoms with Crippen molar-refractivity contribution in [1.29, 1.82) is 0 Å². The van der Waals surface area contributed by atoms with Gasteiger partial charge in [0.25, 0.3) is 11.8 Å². The number of carbonyl (C=O) groups is 3. The van der Waals surface area contributed by atoms with Crippen molar-refractivity contribution in [3.05, 3.63) is 103 Å². The second-order valence-electron chi connectivity index (χ2n) is 7.47. The highest BCUT2D eigenvalue weighted by molar-refractivity contribution is 6.06. The van der Waals surface area contributed by atoms with Gasteiger partial charge in [-0.05, 0) is 67.6 Å². The zero-order valence-corrected chi connectivity index (χ0v) is 18.3. The van der Waals surface area contributed by atoms with Gasteiger partial charge in [-0.25, -0.2) is 9.67 Å². The van der Waals surface area contributed by atoms with Gasteiger partial charge in [0.15, 0.2) is 0 Å². The Labute approximate surface area is 195 Å². The van der Waals surface area contributed by atoms with Crippen molar-refractivity contribution in [2.45, 2.75) is 13.0 Å². The highest BCUT2D eigenvalue weighted by Gasteiger charge is 2.15. The first-order valence-electron chi connectivity index (χ1n) is 10.5. The Hall–Kier alpha value is -4.79. The topological polar surface area (TPSA) is 118 Å². The third-order valence-corrected chi connectivity index (χ3v) is 5.06. The Balaban J connectivity index is 1.32. The SMILES string of the molecule is CC(C(=O)Nc1ccc(NC(=O)c2ccc(NC(=O)c3ccccc3)cc2)cc1)n1cncn1. The molecule has 34 heavy (non-hydrogen) atoms. The van der Waals surface area contributed by atoms with Crippen molar-refractivity contribution in [2.75, 3.05) is 16.0 Å². The van der Waals surface area contributed by atoms with Gasteiger partial charge in [0.1, 0.15) is 18.7 Å². The van der Waals surface area contributed by atoms with Gasteiger partial charge in [0.2, 0.25) is 5.91 Å². The van der Waals surface area contributed by atoms with Crippen LogP contribution in [0.4, 0.5) is 17.1 Å². The molecule has 3 N–H and O–H groups in total. The van der Waals surface area contributed by atoms with Gasteiger partial charge in [-0.2, -0.15) is 5.10 Å². The molecule has 0 saturated heterocycles. The Kier molecular flexibility index (Phi) is 6.73. The van der Waals surface area contributed by atoms with Crippen LogP contribution in [0.25, 0.3) is 0 Å². The summed E-state index contributed by atoms with van der Waals surface area (Å²) in [4.78, 5) is 41.0. The van der Waals surface area contributed by atoms with Crippen LogP contribution in [0.1, 0.15) is 33.7 Å². The summed E-state index contributed by atoms with van der Waals surface area (Å²) in [5.41, 5.74) is 2.75. The van der Waals surface area contributed by atoms with E-state index in [9.17, 15) is 14.4 Å². The average Bonchev–Trinajstić information content (AvgIpc) is 3.41. The first-order valence-corrected chi connectivity index (χ1v) is 10.5. The van der Waals surface area contributed by atoms with Gasteiger partial charge in [0.05, 0.1) is 0 Å². The molecular weight excluding hydrogens is 432 g/mol. The first kappa shape index (κ1) is 22.4. The number of aromatic nitrogens is 3. The highest BCUT2D eigenvalue weighted by atomic mass is 16.2. The van der Waals surface area contributed by atoms with Crippen LogP contribution < -0.4 is 16.0 Å². The van der Waals surface area contributed by atoms with E-state index in [1.807, 2.05) is 6.07 Å². The minimum atomic E-state index is -0.512. The van der Waals surface area contributed by atoms with Gasteiger partial charge in [-0.15, -0.1) is 0 Å². The van der Waals surface area contributed by atoms with Gasteiger partial charge < -0.3 is 16.0 Å². The third-order valence-electron chi connectivity index (χ3n) is 5.06. The number of anilines is 3. The molecule has 9 nitrogen and oxygen atoms in total. The monoisotopic (exact) mass is 454 g/mol. The Morgan fingerprint density at radius 3 is 1.74 bits per heavy atom. The summed E-state index contributed by atoms with van der Waals surface area (Å²) in [6, 6.07) is 21.8. The fourth-order valence-electron chi connectivity index (χ4n) is 3.12. The van der Waals surface area contributed by atoms with E-state index in [1.165, 1.54) is 17.3 Å². The van der Waals surface area contributed by atoms with Crippen LogP contribution in [0.15, 0.2) is 91.5 Å². The molecule has 9 heteroatoms. The lowest BCUT2D eigenvalue weighted by atomic mass is 10.1. The number of hydrogen-bond acceptors (Lipinski definition) is 5. The lowest BCUT2D eigenvalue weighted by molar-refractivity contribution is -0.119. The summed E-state index contributed by atoms with van der Waals surface area (Å²) in [5.74, 6) is -0.750. The summed E-state index contributed by atoms with van der Waals surface area (Å²) in [6.45, 7) is 1.72. The zero-order chi connectivity index (χ0) is 23.9. The lowest BCUT2D eigenvalue weighted by Gasteiger charge is -2.12. The predicted molar refractivity (Wildman–Crippen MR) is 129 cm³/mol. The van der Waals surface area contributed by atoms with Crippen LogP contribution in [0.3, 0.4) is 0 Å². The molecule has 1 heterocycles. The number of hydrogen-bond donors (Lipinski definition) is 3. The maximum absolute atomic E-state index is 12.6. The van der Waals surface area contributed by atoms with Crippen molar-refractivity contribution in [3.8, 4) is 0 Å². The molecule has 0 fully saturated rings. The van der Waals surface area contributed by atoms with Crippen LogP contribution in [0.5, 0.6) is 0 Å². The third kappa shape index (κ3) is 5.52. The summed E-state index contributed by atoms with van der Waals surface area (Å²) < 4.78 is 1.46.